The molecule has 0 fully saturated rings. The van der Waals surface area contributed by atoms with E-state index in [1.165, 1.54) is 6.92 Å². The second-order valence-corrected chi connectivity index (χ2v) is 17.0. The summed E-state index contributed by atoms with van der Waals surface area (Å²) >= 11 is 0. The monoisotopic (exact) mass is 1050 g/mol. The molecular weight excluding hydrogens is 967 g/mol. The van der Waals surface area contributed by atoms with E-state index >= 15 is 0 Å². The van der Waals surface area contributed by atoms with Gasteiger partial charge in [0.25, 0.3) is 0 Å². The third-order valence-electron chi connectivity index (χ3n) is 10.9. The van der Waals surface area contributed by atoms with Crippen molar-refractivity contribution in [2.75, 3.05) is 79.5 Å². The number of ether oxygens (including phenoxy) is 4. The molecule has 73 heavy (non-hydrogen) atoms. The molecule has 26 heteroatoms. The number of unbranched alkanes of at least 4 members (excludes halogenated alkanes) is 8. The van der Waals surface area contributed by atoms with Gasteiger partial charge in [0, 0.05) is 51.7 Å². The zero-order valence-electron chi connectivity index (χ0n) is 42.4. The van der Waals surface area contributed by atoms with Crippen molar-refractivity contribution in [2.24, 2.45) is 0 Å². The SMILES string of the molecule is CN[C@@H](CCCCNC(=O)CC[C@H](NC(=O)CC[C@H](NC(=O)COCCOCCNC(=O)COCCOCCNC(=O)CC[C@H](NC(=O)CCCCCCCCCCC(=O)O)C(=O)O)C(=O)O)C(=O)O)C(C)=O. The van der Waals surface area contributed by atoms with Crippen LogP contribution in [0, 0.1) is 0 Å². The summed E-state index contributed by atoms with van der Waals surface area (Å²) in [7, 11) is 1.69. The molecule has 26 nitrogen and oxygen atoms in total. The van der Waals surface area contributed by atoms with Gasteiger partial charge < -0.3 is 76.6 Å². The number of hydrogen-bond acceptors (Lipinski definition) is 16. The minimum atomic E-state index is -1.48. The first-order chi connectivity index (χ1) is 34.9. The Hall–Kier alpha value is -5.83. The highest BCUT2D eigenvalue weighted by atomic mass is 16.5. The van der Waals surface area contributed by atoms with Crippen molar-refractivity contribution >= 4 is 65.1 Å². The Labute approximate surface area is 426 Å². The van der Waals surface area contributed by atoms with Gasteiger partial charge in [-0.05, 0) is 65.3 Å². The predicted molar refractivity (Wildman–Crippen MR) is 260 cm³/mol. The van der Waals surface area contributed by atoms with Crippen LogP contribution in [-0.2, 0) is 71.7 Å². The predicted octanol–water partition coefficient (Wildman–Crippen LogP) is -0.217. The molecule has 0 heterocycles. The Kier molecular flexibility index (Phi) is 40.2. The summed E-state index contributed by atoms with van der Waals surface area (Å²) in [6.45, 7) is 1.78. The molecule has 11 N–H and O–H groups in total. The zero-order valence-corrected chi connectivity index (χ0v) is 42.4. The van der Waals surface area contributed by atoms with E-state index in [4.69, 9.17) is 24.1 Å². The molecule has 0 radical (unpaired) electrons. The van der Waals surface area contributed by atoms with Gasteiger partial charge >= 0.3 is 23.9 Å². The van der Waals surface area contributed by atoms with Crippen molar-refractivity contribution in [1.29, 1.82) is 0 Å². The van der Waals surface area contributed by atoms with E-state index in [-0.39, 0.29) is 116 Å². The van der Waals surface area contributed by atoms with Crippen LogP contribution in [0.15, 0.2) is 0 Å². The molecule has 0 aromatic rings. The van der Waals surface area contributed by atoms with Crippen molar-refractivity contribution in [3.63, 3.8) is 0 Å². The van der Waals surface area contributed by atoms with E-state index in [1.807, 2.05) is 0 Å². The third-order valence-corrected chi connectivity index (χ3v) is 10.9. The molecule has 4 atom stereocenters. The van der Waals surface area contributed by atoms with Crippen molar-refractivity contribution in [3.05, 3.63) is 0 Å². The minimum Gasteiger partial charge on any atom is -0.481 e. The van der Waals surface area contributed by atoms with Gasteiger partial charge in [0.2, 0.25) is 35.4 Å². The normalized spacial score (nSPS) is 12.6. The van der Waals surface area contributed by atoms with Crippen LogP contribution in [0.4, 0.5) is 0 Å². The Morgan fingerprint density at radius 2 is 0.753 bits per heavy atom. The number of carbonyl (C=O) groups excluding carboxylic acids is 7. The number of Topliss-reactive ketones (excluding diaryl/α,β-unsaturated/α-hetero) is 1. The van der Waals surface area contributed by atoms with Crippen molar-refractivity contribution in [3.8, 4) is 0 Å². The summed E-state index contributed by atoms with van der Waals surface area (Å²) in [5.41, 5.74) is 0. The van der Waals surface area contributed by atoms with Gasteiger partial charge in [-0.3, -0.25) is 38.4 Å². The molecule has 0 bridgehead atoms. The Morgan fingerprint density at radius 1 is 0.370 bits per heavy atom. The Morgan fingerprint density at radius 3 is 1.21 bits per heavy atom. The van der Waals surface area contributed by atoms with Crippen LogP contribution in [0.25, 0.3) is 0 Å². The van der Waals surface area contributed by atoms with Crippen molar-refractivity contribution in [1.82, 2.24) is 37.2 Å². The number of carboxylic acid groups (broad SMARTS) is 4. The largest absolute Gasteiger partial charge is 0.481 e. The van der Waals surface area contributed by atoms with Crippen molar-refractivity contribution in [2.45, 2.75) is 153 Å². The average Bonchev–Trinajstić information content (AvgIpc) is 3.33. The molecule has 0 aliphatic rings. The lowest BCUT2D eigenvalue weighted by atomic mass is 10.1. The molecule has 6 amide bonds. The molecule has 0 spiro atoms. The molecule has 0 aromatic heterocycles. The quantitative estimate of drug-likeness (QED) is 0.0351. The summed E-state index contributed by atoms with van der Waals surface area (Å²) in [5.74, 6) is -8.03. The molecule has 0 aliphatic heterocycles. The minimum absolute atomic E-state index is 0.0154. The van der Waals surface area contributed by atoms with Crippen LogP contribution in [0.2, 0.25) is 0 Å². The fraction of sp³-hybridized carbons (Fsp3) is 0.766. The smallest absolute Gasteiger partial charge is 0.326 e. The summed E-state index contributed by atoms with van der Waals surface area (Å²) < 4.78 is 21.1. The fourth-order valence-corrected chi connectivity index (χ4v) is 6.76. The summed E-state index contributed by atoms with van der Waals surface area (Å²) in [6.07, 6.45) is 7.72. The number of carboxylic acids is 4. The van der Waals surface area contributed by atoms with Gasteiger partial charge in [0.05, 0.1) is 45.7 Å². The second-order valence-electron chi connectivity index (χ2n) is 17.0. The number of hydrogen-bond donors (Lipinski definition) is 11. The van der Waals surface area contributed by atoms with E-state index in [1.54, 1.807) is 7.05 Å². The van der Waals surface area contributed by atoms with Gasteiger partial charge in [-0.2, -0.15) is 0 Å². The number of ketones is 1. The first kappa shape index (κ1) is 67.2. The number of aliphatic carboxylic acids is 4. The molecule has 0 saturated carbocycles. The topological polar surface area (TPSA) is 390 Å². The van der Waals surface area contributed by atoms with Crippen LogP contribution in [0.5, 0.6) is 0 Å². The Bertz CT molecular complexity index is 1690. The number of rotatable bonds is 49. The van der Waals surface area contributed by atoms with Crippen LogP contribution in [-0.4, -0.2) is 189 Å². The lowest BCUT2D eigenvalue weighted by Gasteiger charge is -2.17. The lowest BCUT2D eigenvalue weighted by molar-refractivity contribution is -0.144. The first-order valence-electron chi connectivity index (χ1n) is 24.9. The molecule has 418 valence electrons. The maximum Gasteiger partial charge on any atom is 0.326 e. The van der Waals surface area contributed by atoms with Crippen molar-refractivity contribution < 1.29 is 92.1 Å². The Balaban J connectivity index is 4.02. The molecule has 0 aliphatic carbocycles. The first-order valence-corrected chi connectivity index (χ1v) is 24.9. The van der Waals surface area contributed by atoms with E-state index in [2.05, 4.69) is 37.2 Å². The maximum absolute atomic E-state index is 12.4. The highest BCUT2D eigenvalue weighted by Crippen LogP contribution is 2.11. The lowest BCUT2D eigenvalue weighted by Crippen LogP contribution is -2.45. The van der Waals surface area contributed by atoms with Crippen LogP contribution in [0.3, 0.4) is 0 Å². The molecule has 0 aromatic carbocycles. The standard InChI is InChI=1S/C47H81N7O19/c1-33(55)34(48-2)13-11-12-22-49-38(56)19-16-36(46(66)67)53-41(59)21-18-37(47(68)69)54-43(61)32-73-30-28-71-26-24-51-42(60)31-72-29-27-70-25-23-50-39(57)20-17-35(45(64)65)52-40(58)14-9-7-5-3-4-6-8-10-15-44(62)63/h34-37,48H,3-32H2,1-2H3,(H,49,56)(H,50,57)(H,51,60)(H,52,58)(H,53,59)(H,54,61)(H,62,63)(H,64,65)(H,66,67)(H,68,69)/t34-,35-,36-,37-/m0/s1. The molecule has 0 saturated heterocycles. The fourth-order valence-electron chi connectivity index (χ4n) is 6.76. The maximum atomic E-state index is 12.4. The van der Waals surface area contributed by atoms with Gasteiger partial charge in [0.1, 0.15) is 37.1 Å². The highest BCUT2D eigenvalue weighted by Gasteiger charge is 2.25. The zero-order chi connectivity index (χ0) is 54.7. The number of carbonyl (C=O) groups is 11. The third kappa shape index (κ3) is 40.4. The second kappa shape index (κ2) is 43.7. The molecule has 0 rings (SSSR count). The van der Waals surface area contributed by atoms with Crippen LogP contribution >= 0.6 is 0 Å². The van der Waals surface area contributed by atoms with Gasteiger partial charge in [-0.15, -0.1) is 0 Å². The van der Waals surface area contributed by atoms with E-state index in [9.17, 15) is 68.1 Å². The van der Waals surface area contributed by atoms with E-state index < -0.39 is 90.5 Å². The molecule has 0 unspecified atom stereocenters. The van der Waals surface area contributed by atoms with E-state index in [0.29, 0.717) is 38.6 Å². The summed E-state index contributed by atoms with van der Waals surface area (Å²) in [5, 5.41) is 54.9. The highest BCUT2D eigenvalue weighted by molar-refractivity contribution is 5.87. The van der Waals surface area contributed by atoms with Crippen LogP contribution in [0.1, 0.15) is 129 Å². The van der Waals surface area contributed by atoms with Gasteiger partial charge in [0.15, 0.2) is 0 Å². The summed E-state index contributed by atoms with van der Waals surface area (Å²) in [6, 6.07) is -4.34. The van der Waals surface area contributed by atoms with E-state index in [0.717, 1.165) is 38.5 Å². The van der Waals surface area contributed by atoms with Gasteiger partial charge in [-0.25, -0.2) is 14.4 Å². The number of nitrogens with one attached hydrogen (secondary N) is 7. The van der Waals surface area contributed by atoms with Gasteiger partial charge in [-0.1, -0.05) is 38.5 Å². The average molecular weight is 1050 g/mol. The number of amides is 6. The molecular formula is C47H81N7O19. The summed E-state index contributed by atoms with van der Waals surface area (Å²) in [4.78, 5) is 130. The van der Waals surface area contributed by atoms with Crippen LogP contribution < -0.4 is 37.2 Å². The number of likely N-dealkylation sites (N-methyl/N-ethyl adjacent to an activating group) is 1.